The second-order valence-electron chi connectivity index (χ2n) is 3.32. The maximum absolute atomic E-state index is 4.27. The summed E-state index contributed by atoms with van der Waals surface area (Å²) in [5.74, 6) is 0. The first-order valence-corrected chi connectivity index (χ1v) is 4.48. The van der Waals surface area contributed by atoms with Crippen LogP contribution in [0.2, 0.25) is 0 Å². The third-order valence-corrected chi connectivity index (χ3v) is 2.08. The quantitative estimate of drug-likeness (QED) is 0.708. The van der Waals surface area contributed by atoms with E-state index in [1.165, 1.54) is 5.56 Å². The number of aryl methyl sites for hydroxylation is 2. The van der Waals surface area contributed by atoms with E-state index in [9.17, 15) is 0 Å². The van der Waals surface area contributed by atoms with E-state index in [4.69, 9.17) is 0 Å². The lowest BCUT2D eigenvalue weighted by Gasteiger charge is -2.07. The number of hydrogen-bond donors (Lipinski definition) is 1. The normalized spacial score (nSPS) is 12.8. The lowest BCUT2D eigenvalue weighted by Crippen LogP contribution is -2.23. The number of rotatable bonds is 4. The van der Waals surface area contributed by atoms with Crippen molar-refractivity contribution in [2.45, 2.75) is 26.4 Å². The summed E-state index contributed by atoms with van der Waals surface area (Å²) in [4.78, 5) is 0. The Morgan fingerprint density at radius 3 is 2.92 bits per heavy atom. The Bertz CT molecular complexity index is 288. The lowest BCUT2D eigenvalue weighted by molar-refractivity contribution is 0.632. The molecule has 1 rings (SSSR count). The van der Waals surface area contributed by atoms with Crippen molar-refractivity contribution in [3.05, 3.63) is 30.1 Å². The molecule has 0 aromatic carbocycles. The maximum atomic E-state index is 4.27. The molecule has 0 saturated carbocycles. The van der Waals surface area contributed by atoms with Crippen LogP contribution in [0.4, 0.5) is 0 Å². The fourth-order valence-corrected chi connectivity index (χ4v) is 1.18. The SMILES string of the molecule is C=CC(C)NCc1cn(C)nc1C. The van der Waals surface area contributed by atoms with Gasteiger partial charge >= 0.3 is 0 Å². The van der Waals surface area contributed by atoms with Crippen LogP contribution in [0.15, 0.2) is 18.9 Å². The van der Waals surface area contributed by atoms with Gasteiger partial charge in [0.05, 0.1) is 5.69 Å². The molecule has 0 radical (unpaired) electrons. The molecule has 0 spiro atoms. The van der Waals surface area contributed by atoms with Crippen molar-refractivity contribution < 1.29 is 0 Å². The van der Waals surface area contributed by atoms with Gasteiger partial charge in [0.25, 0.3) is 0 Å². The van der Waals surface area contributed by atoms with E-state index >= 15 is 0 Å². The number of nitrogens with zero attached hydrogens (tertiary/aromatic N) is 2. The molecule has 0 fully saturated rings. The Morgan fingerprint density at radius 1 is 1.77 bits per heavy atom. The minimum absolute atomic E-state index is 0.347. The fraction of sp³-hybridized carbons (Fsp3) is 0.500. The van der Waals surface area contributed by atoms with Gasteiger partial charge in [-0.1, -0.05) is 6.08 Å². The van der Waals surface area contributed by atoms with Crippen molar-refractivity contribution >= 4 is 0 Å². The molecule has 1 heterocycles. The number of aromatic nitrogens is 2. The average Bonchev–Trinajstić information content (AvgIpc) is 2.41. The second-order valence-corrected chi connectivity index (χ2v) is 3.32. The van der Waals surface area contributed by atoms with Crippen LogP contribution in [0.3, 0.4) is 0 Å². The molecule has 1 aromatic rings. The summed E-state index contributed by atoms with van der Waals surface area (Å²) in [7, 11) is 1.94. The summed E-state index contributed by atoms with van der Waals surface area (Å²) in [5.41, 5.74) is 2.34. The number of nitrogens with one attached hydrogen (secondary N) is 1. The van der Waals surface area contributed by atoms with Gasteiger partial charge in [-0.05, 0) is 13.8 Å². The monoisotopic (exact) mass is 179 g/mol. The molecule has 0 aliphatic rings. The van der Waals surface area contributed by atoms with Crippen molar-refractivity contribution in [2.75, 3.05) is 0 Å². The molecule has 0 aliphatic carbocycles. The van der Waals surface area contributed by atoms with Gasteiger partial charge in [-0.3, -0.25) is 4.68 Å². The van der Waals surface area contributed by atoms with E-state index in [0.29, 0.717) is 6.04 Å². The highest BCUT2D eigenvalue weighted by atomic mass is 15.2. The van der Waals surface area contributed by atoms with E-state index in [1.807, 2.05) is 30.9 Å². The number of hydrogen-bond acceptors (Lipinski definition) is 2. The molecular weight excluding hydrogens is 162 g/mol. The first-order chi connectivity index (χ1) is 6.13. The Balaban J connectivity index is 2.54. The van der Waals surface area contributed by atoms with Crippen LogP contribution in [0.5, 0.6) is 0 Å². The van der Waals surface area contributed by atoms with Gasteiger partial charge in [-0.25, -0.2) is 0 Å². The van der Waals surface area contributed by atoms with Crippen LogP contribution in [-0.4, -0.2) is 15.8 Å². The third-order valence-electron chi connectivity index (χ3n) is 2.08. The van der Waals surface area contributed by atoms with E-state index < -0.39 is 0 Å². The predicted octanol–water partition coefficient (Wildman–Crippen LogP) is 1.39. The summed E-state index contributed by atoms with van der Waals surface area (Å²) < 4.78 is 1.84. The zero-order valence-corrected chi connectivity index (χ0v) is 8.54. The Hall–Kier alpha value is -1.09. The highest BCUT2D eigenvalue weighted by Gasteiger charge is 2.03. The van der Waals surface area contributed by atoms with Crippen LogP contribution in [0, 0.1) is 6.92 Å². The molecule has 1 unspecified atom stereocenters. The van der Waals surface area contributed by atoms with Crippen LogP contribution in [-0.2, 0) is 13.6 Å². The molecule has 72 valence electrons. The minimum Gasteiger partial charge on any atom is -0.307 e. The van der Waals surface area contributed by atoms with Crippen molar-refractivity contribution in [3.63, 3.8) is 0 Å². The van der Waals surface area contributed by atoms with Gasteiger partial charge in [0.1, 0.15) is 0 Å². The van der Waals surface area contributed by atoms with Crippen molar-refractivity contribution in [1.82, 2.24) is 15.1 Å². The first kappa shape index (κ1) is 9.99. The maximum Gasteiger partial charge on any atom is 0.0638 e. The predicted molar refractivity (Wildman–Crippen MR) is 54.4 cm³/mol. The molecule has 1 N–H and O–H groups in total. The first-order valence-electron chi connectivity index (χ1n) is 4.48. The van der Waals surface area contributed by atoms with E-state index in [1.54, 1.807) is 0 Å². The van der Waals surface area contributed by atoms with Crippen molar-refractivity contribution in [1.29, 1.82) is 0 Å². The average molecular weight is 179 g/mol. The molecule has 1 atom stereocenters. The Morgan fingerprint density at radius 2 is 2.46 bits per heavy atom. The zero-order valence-electron chi connectivity index (χ0n) is 8.54. The molecule has 1 aromatic heterocycles. The van der Waals surface area contributed by atoms with Gasteiger partial charge < -0.3 is 5.32 Å². The topological polar surface area (TPSA) is 29.9 Å². The van der Waals surface area contributed by atoms with E-state index in [0.717, 1.165) is 12.2 Å². The highest BCUT2D eigenvalue weighted by Crippen LogP contribution is 2.04. The minimum atomic E-state index is 0.347. The molecule has 13 heavy (non-hydrogen) atoms. The van der Waals surface area contributed by atoms with Gasteiger partial charge in [-0.2, -0.15) is 5.10 Å². The summed E-state index contributed by atoms with van der Waals surface area (Å²) in [5, 5.41) is 7.60. The van der Waals surface area contributed by atoms with Crippen LogP contribution < -0.4 is 5.32 Å². The molecule has 0 aliphatic heterocycles. The van der Waals surface area contributed by atoms with Gasteiger partial charge in [0, 0.05) is 31.4 Å². The lowest BCUT2D eigenvalue weighted by atomic mass is 10.2. The van der Waals surface area contributed by atoms with E-state index in [2.05, 4.69) is 23.9 Å². The standard InChI is InChI=1S/C10H17N3/c1-5-8(2)11-6-10-7-13(4)12-9(10)3/h5,7-8,11H,1,6H2,2-4H3. The molecule has 3 heteroatoms. The summed E-state index contributed by atoms with van der Waals surface area (Å²) >= 11 is 0. The van der Waals surface area contributed by atoms with Crippen LogP contribution in [0.1, 0.15) is 18.2 Å². The largest absolute Gasteiger partial charge is 0.307 e. The van der Waals surface area contributed by atoms with Crippen molar-refractivity contribution in [3.8, 4) is 0 Å². The third kappa shape index (κ3) is 2.70. The van der Waals surface area contributed by atoms with Crippen molar-refractivity contribution in [2.24, 2.45) is 7.05 Å². The molecule has 0 saturated heterocycles. The highest BCUT2D eigenvalue weighted by molar-refractivity contribution is 5.15. The Kier molecular flexibility index (Phi) is 3.25. The zero-order chi connectivity index (χ0) is 9.84. The molecule has 0 amide bonds. The molecule has 3 nitrogen and oxygen atoms in total. The van der Waals surface area contributed by atoms with Crippen LogP contribution >= 0.6 is 0 Å². The van der Waals surface area contributed by atoms with Gasteiger partial charge in [0.15, 0.2) is 0 Å². The smallest absolute Gasteiger partial charge is 0.0638 e. The van der Waals surface area contributed by atoms with Gasteiger partial charge in [-0.15, -0.1) is 6.58 Å². The molecular formula is C10H17N3. The summed E-state index contributed by atoms with van der Waals surface area (Å²) in [6.45, 7) is 8.68. The van der Waals surface area contributed by atoms with Gasteiger partial charge in [0.2, 0.25) is 0 Å². The fourth-order valence-electron chi connectivity index (χ4n) is 1.18. The summed E-state index contributed by atoms with van der Waals surface area (Å²) in [6.07, 6.45) is 3.93. The van der Waals surface area contributed by atoms with E-state index in [-0.39, 0.29) is 0 Å². The second kappa shape index (κ2) is 4.23. The van der Waals surface area contributed by atoms with Crippen LogP contribution in [0.25, 0.3) is 0 Å². The molecule has 0 bridgehead atoms. The Labute approximate surface area is 79.5 Å². The summed E-state index contributed by atoms with van der Waals surface area (Å²) in [6, 6.07) is 0.347.